The molecule has 1 aromatic carbocycles. The van der Waals surface area contributed by atoms with Crippen LogP contribution in [-0.4, -0.2) is 23.5 Å². The van der Waals surface area contributed by atoms with Crippen LogP contribution in [-0.2, 0) is 11.2 Å². The number of fused-ring (bicyclic) bond motifs is 1. The van der Waals surface area contributed by atoms with E-state index in [9.17, 15) is 4.79 Å². The predicted molar refractivity (Wildman–Crippen MR) is 75.6 cm³/mol. The van der Waals surface area contributed by atoms with Crippen molar-refractivity contribution in [1.82, 2.24) is 5.32 Å². The van der Waals surface area contributed by atoms with Crippen LogP contribution in [0.1, 0.15) is 36.3 Å². The van der Waals surface area contributed by atoms with Gasteiger partial charge in [0.05, 0.1) is 0 Å². The van der Waals surface area contributed by atoms with Gasteiger partial charge in [-0.3, -0.25) is 4.79 Å². The number of rotatable bonds is 4. The van der Waals surface area contributed by atoms with Gasteiger partial charge in [-0.2, -0.15) is 0 Å². The van der Waals surface area contributed by atoms with Gasteiger partial charge in [-0.25, -0.2) is 0 Å². The summed E-state index contributed by atoms with van der Waals surface area (Å²) < 4.78 is 0. The maximum atomic E-state index is 12.3. The number of nitrogens with two attached hydrogens (primary N) is 1. The van der Waals surface area contributed by atoms with Gasteiger partial charge < -0.3 is 16.3 Å². The summed E-state index contributed by atoms with van der Waals surface area (Å²) >= 11 is 0. The topological polar surface area (TPSA) is 87.7 Å². The average Bonchev–Trinajstić information content (AvgIpc) is 2.38. The molecule has 0 bridgehead atoms. The molecule has 5 nitrogen and oxygen atoms in total. The Morgan fingerprint density at radius 3 is 2.80 bits per heavy atom. The number of benzene rings is 1. The Bertz CT molecular complexity index is 564. The molecule has 1 fully saturated rings. The third kappa shape index (κ3) is 1.85. The first-order valence-electron chi connectivity index (χ1n) is 7.01. The van der Waals surface area contributed by atoms with Crippen LogP contribution in [0.5, 0.6) is 0 Å². The Hall–Kier alpha value is -2.04. The minimum absolute atomic E-state index is 0.0373. The fraction of sp³-hybridized carbons (Fsp3) is 0.467. The van der Waals surface area contributed by atoms with E-state index < -0.39 is 5.41 Å². The number of hydrogen-bond acceptors (Lipinski definition) is 3. The fourth-order valence-corrected chi connectivity index (χ4v) is 3.16. The second kappa shape index (κ2) is 4.81. The smallest absolute Gasteiger partial charge is 0.233 e. The highest BCUT2D eigenvalue weighted by atomic mass is 16.4. The van der Waals surface area contributed by atoms with Gasteiger partial charge in [0.2, 0.25) is 5.91 Å². The Labute approximate surface area is 117 Å². The molecule has 0 heterocycles. The standard InChI is InChI=1S/C15H19N3O2/c16-13(18-20)15(6-3-7-15)14(19)17-9-11-8-10-4-1-2-5-12(10)11/h1-2,4-5,11,20H,3,6-9H2,(H2,16,18)(H,17,19). The van der Waals surface area contributed by atoms with E-state index in [0.29, 0.717) is 25.3 Å². The van der Waals surface area contributed by atoms with Crippen LogP contribution in [0.25, 0.3) is 0 Å². The largest absolute Gasteiger partial charge is 0.409 e. The van der Waals surface area contributed by atoms with Crippen LogP contribution in [0.3, 0.4) is 0 Å². The first kappa shape index (κ1) is 13.0. The van der Waals surface area contributed by atoms with Crippen molar-refractivity contribution in [2.24, 2.45) is 16.3 Å². The van der Waals surface area contributed by atoms with Gasteiger partial charge in [0, 0.05) is 12.5 Å². The molecule has 0 spiro atoms. The zero-order chi connectivity index (χ0) is 14.2. The van der Waals surface area contributed by atoms with E-state index in [1.807, 2.05) is 12.1 Å². The third-order valence-electron chi connectivity index (χ3n) is 4.71. The zero-order valence-electron chi connectivity index (χ0n) is 11.3. The van der Waals surface area contributed by atoms with Gasteiger partial charge in [0.1, 0.15) is 5.41 Å². The molecule has 0 radical (unpaired) electrons. The van der Waals surface area contributed by atoms with E-state index in [1.165, 1.54) is 11.1 Å². The number of carbonyl (C=O) groups excluding carboxylic acids is 1. The summed E-state index contributed by atoms with van der Waals surface area (Å²) in [6.07, 6.45) is 3.27. The molecule has 0 aromatic heterocycles. The van der Waals surface area contributed by atoms with Crippen LogP contribution < -0.4 is 11.1 Å². The van der Waals surface area contributed by atoms with Crippen LogP contribution in [0.2, 0.25) is 0 Å². The minimum Gasteiger partial charge on any atom is -0.409 e. The fourth-order valence-electron chi connectivity index (χ4n) is 3.16. The van der Waals surface area contributed by atoms with E-state index >= 15 is 0 Å². The summed E-state index contributed by atoms with van der Waals surface area (Å²) in [5.74, 6) is 0.318. The highest BCUT2D eigenvalue weighted by molar-refractivity contribution is 6.07. The van der Waals surface area contributed by atoms with E-state index in [0.717, 1.165) is 12.8 Å². The number of nitrogens with zero attached hydrogens (tertiary/aromatic N) is 1. The van der Waals surface area contributed by atoms with Gasteiger partial charge in [0.25, 0.3) is 0 Å². The monoisotopic (exact) mass is 273 g/mol. The lowest BCUT2D eigenvalue weighted by Gasteiger charge is -2.39. The quantitative estimate of drug-likeness (QED) is 0.335. The van der Waals surface area contributed by atoms with E-state index in [2.05, 4.69) is 22.6 Å². The number of carbonyl (C=O) groups is 1. The Kier molecular flexibility index (Phi) is 3.12. The van der Waals surface area contributed by atoms with Crippen molar-refractivity contribution in [2.75, 3.05) is 6.54 Å². The highest BCUT2D eigenvalue weighted by Crippen LogP contribution is 2.41. The lowest BCUT2D eigenvalue weighted by atomic mass is 9.67. The van der Waals surface area contributed by atoms with Gasteiger partial charge in [-0.15, -0.1) is 0 Å². The molecule has 2 aliphatic carbocycles. The maximum Gasteiger partial charge on any atom is 0.233 e. The minimum atomic E-state index is -0.780. The van der Waals surface area contributed by atoms with Crippen molar-refractivity contribution < 1.29 is 10.0 Å². The molecular formula is C15H19N3O2. The predicted octanol–water partition coefficient (Wildman–Crippen LogP) is 1.36. The van der Waals surface area contributed by atoms with Gasteiger partial charge >= 0.3 is 0 Å². The SMILES string of the molecule is N/C(=N/O)C1(C(=O)NCC2Cc3ccccc32)CCC1. The number of amides is 1. The molecular weight excluding hydrogens is 254 g/mol. The molecule has 0 aliphatic heterocycles. The molecule has 1 atom stereocenters. The van der Waals surface area contributed by atoms with Crippen LogP contribution in [0, 0.1) is 5.41 Å². The molecule has 3 rings (SSSR count). The molecule has 1 amide bonds. The van der Waals surface area contributed by atoms with Gasteiger partial charge in [0.15, 0.2) is 5.84 Å². The summed E-state index contributed by atoms with van der Waals surface area (Å²) in [6, 6.07) is 8.29. The van der Waals surface area contributed by atoms with Crippen molar-refractivity contribution in [2.45, 2.75) is 31.6 Å². The second-order valence-corrected chi connectivity index (χ2v) is 5.73. The molecule has 0 saturated heterocycles. The van der Waals surface area contributed by atoms with Crippen molar-refractivity contribution in [3.8, 4) is 0 Å². The van der Waals surface area contributed by atoms with Gasteiger partial charge in [-0.1, -0.05) is 35.8 Å². The molecule has 106 valence electrons. The lowest BCUT2D eigenvalue weighted by molar-refractivity contribution is -0.131. The molecule has 20 heavy (non-hydrogen) atoms. The van der Waals surface area contributed by atoms with E-state index in [4.69, 9.17) is 10.9 Å². The van der Waals surface area contributed by atoms with Gasteiger partial charge in [-0.05, 0) is 30.4 Å². The maximum absolute atomic E-state index is 12.3. The number of nitrogens with one attached hydrogen (secondary N) is 1. The summed E-state index contributed by atoms with van der Waals surface area (Å²) in [6.45, 7) is 0.621. The average molecular weight is 273 g/mol. The molecule has 4 N–H and O–H groups in total. The zero-order valence-corrected chi connectivity index (χ0v) is 11.3. The van der Waals surface area contributed by atoms with Crippen LogP contribution in [0.15, 0.2) is 29.4 Å². The third-order valence-corrected chi connectivity index (χ3v) is 4.71. The Morgan fingerprint density at radius 2 is 2.20 bits per heavy atom. The summed E-state index contributed by atoms with van der Waals surface area (Å²) in [7, 11) is 0. The molecule has 1 aromatic rings. The first-order valence-corrected chi connectivity index (χ1v) is 7.01. The summed E-state index contributed by atoms with van der Waals surface area (Å²) in [5.41, 5.74) is 7.58. The Morgan fingerprint density at radius 1 is 1.45 bits per heavy atom. The second-order valence-electron chi connectivity index (χ2n) is 5.73. The van der Waals surface area contributed by atoms with E-state index in [-0.39, 0.29) is 11.7 Å². The first-order chi connectivity index (χ1) is 9.67. The van der Waals surface area contributed by atoms with Crippen molar-refractivity contribution in [1.29, 1.82) is 0 Å². The van der Waals surface area contributed by atoms with E-state index in [1.54, 1.807) is 0 Å². The number of amidine groups is 1. The van der Waals surface area contributed by atoms with Crippen molar-refractivity contribution in [3.63, 3.8) is 0 Å². The molecule has 1 unspecified atom stereocenters. The Balaban J connectivity index is 1.61. The number of oxime groups is 1. The van der Waals surface area contributed by atoms with Crippen LogP contribution >= 0.6 is 0 Å². The van der Waals surface area contributed by atoms with Crippen LogP contribution in [0.4, 0.5) is 0 Å². The summed E-state index contributed by atoms with van der Waals surface area (Å²) in [5, 5.41) is 14.8. The molecule has 5 heteroatoms. The highest BCUT2D eigenvalue weighted by Gasteiger charge is 2.48. The normalized spacial score (nSPS) is 23.2. The molecule has 1 saturated carbocycles. The van der Waals surface area contributed by atoms with Crippen molar-refractivity contribution >= 4 is 11.7 Å². The lowest BCUT2D eigenvalue weighted by Crippen LogP contribution is -2.54. The molecule has 2 aliphatic rings. The number of hydrogen-bond donors (Lipinski definition) is 3. The summed E-state index contributed by atoms with van der Waals surface area (Å²) in [4.78, 5) is 12.3. The van der Waals surface area contributed by atoms with Crippen molar-refractivity contribution in [3.05, 3.63) is 35.4 Å².